The Morgan fingerprint density at radius 1 is 1.47 bits per heavy atom. The molecule has 0 aromatic heterocycles. The highest BCUT2D eigenvalue weighted by molar-refractivity contribution is 5.93. The molecular weight excluding hydrogens is 242 g/mol. The fourth-order valence-electron chi connectivity index (χ4n) is 1.50. The maximum atomic E-state index is 11.7. The van der Waals surface area contributed by atoms with Crippen molar-refractivity contribution in [3.63, 3.8) is 0 Å². The van der Waals surface area contributed by atoms with Crippen LogP contribution in [-0.4, -0.2) is 30.8 Å². The van der Waals surface area contributed by atoms with Crippen LogP contribution in [0.3, 0.4) is 0 Å². The first-order valence-corrected chi connectivity index (χ1v) is 6.25. The zero-order valence-corrected chi connectivity index (χ0v) is 11.3. The van der Waals surface area contributed by atoms with Crippen LogP contribution >= 0.6 is 0 Å². The van der Waals surface area contributed by atoms with Crippen LogP contribution in [0.25, 0.3) is 0 Å². The summed E-state index contributed by atoms with van der Waals surface area (Å²) in [7, 11) is 0. The van der Waals surface area contributed by atoms with Crippen LogP contribution in [0, 0.1) is 18.8 Å². The number of rotatable bonds is 5. The minimum atomic E-state index is -0.207. The van der Waals surface area contributed by atoms with Gasteiger partial charge in [-0.15, -0.1) is 0 Å². The number of aliphatic hydroxyl groups is 1. The van der Waals surface area contributed by atoms with E-state index in [9.17, 15) is 4.79 Å². The van der Waals surface area contributed by atoms with E-state index in [4.69, 9.17) is 9.84 Å². The summed E-state index contributed by atoms with van der Waals surface area (Å²) in [6, 6.07) is 5.56. The number of ether oxygens (including phenoxy) is 1. The predicted octanol–water partition coefficient (Wildman–Crippen LogP) is 1.70. The Balaban J connectivity index is 2.74. The van der Waals surface area contributed by atoms with Crippen molar-refractivity contribution in [1.82, 2.24) is 0 Å². The summed E-state index contributed by atoms with van der Waals surface area (Å²) in [4.78, 5) is 11.7. The van der Waals surface area contributed by atoms with E-state index in [1.54, 1.807) is 6.07 Å². The zero-order valence-electron chi connectivity index (χ0n) is 11.3. The normalized spacial score (nSPS) is 9.63. The van der Waals surface area contributed by atoms with Crippen molar-refractivity contribution in [3.05, 3.63) is 29.3 Å². The van der Waals surface area contributed by atoms with Gasteiger partial charge in [0.2, 0.25) is 5.91 Å². The maximum absolute atomic E-state index is 11.7. The number of amides is 1. The highest BCUT2D eigenvalue weighted by Crippen LogP contribution is 2.16. The number of anilines is 1. The number of hydrogen-bond donors (Lipinski definition) is 2. The van der Waals surface area contributed by atoms with Gasteiger partial charge in [-0.25, -0.2) is 0 Å². The van der Waals surface area contributed by atoms with Gasteiger partial charge in [-0.05, 0) is 31.0 Å². The van der Waals surface area contributed by atoms with Crippen LogP contribution in [0.5, 0.6) is 0 Å². The summed E-state index contributed by atoms with van der Waals surface area (Å²) in [6.45, 7) is 4.33. The minimum Gasteiger partial charge on any atom is -0.384 e. The molecular formula is C15H19NO3. The summed E-state index contributed by atoms with van der Waals surface area (Å²) in [5.41, 5.74) is 2.37. The van der Waals surface area contributed by atoms with Gasteiger partial charge in [0.05, 0.1) is 5.69 Å². The first-order chi connectivity index (χ1) is 9.17. The van der Waals surface area contributed by atoms with Crippen molar-refractivity contribution in [1.29, 1.82) is 0 Å². The largest absolute Gasteiger partial charge is 0.384 e. The van der Waals surface area contributed by atoms with Crippen LogP contribution < -0.4 is 5.32 Å². The van der Waals surface area contributed by atoms with Gasteiger partial charge in [0.15, 0.2) is 0 Å². The summed E-state index contributed by atoms with van der Waals surface area (Å²) in [5, 5.41) is 11.5. The number of carbonyl (C=O) groups is 1. The fourth-order valence-corrected chi connectivity index (χ4v) is 1.50. The van der Waals surface area contributed by atoms with Gasteiger partial charge in [-0.3, -0.25) is 4.79 Å². The number of aliphatic hydroxyl groups excluding tert-OH is 1. The highest BCUT2D eigenvalue weighted by atomic mass is 16.5. The van der Waals surface area contributed by atoms with Gasteiger partial charge in [0, 0.05) is 12.2 Å². The summed E-state index contributed by atoms with van der Waals surface area (Å²) in [5.74, 6) is 5.20. The van der Waals surface area contributed by atoms with Gasteiger partial charge in [0.25, 0.3) is 0 Å². The van der Waals surface area contributed by atoms with E-state index in [0.717, 1.165) is 12.0 Å². The Morgan fingerprint density at radius 3 is 2.95 bits per heavy atom. The third kappa shape index (κ3) is 5.56. The van der Waals surface area contributed by atoms with E-state index in [1.165, 1.54) is 0 Å². The Bertz CT molecular complexity index is 486. The molecule has 0 atom stereocenters. The Kier molecular flexibility index (Phi) is 6.65. The van der Waals surface area contributed by atoms with Crippen molar-refractivity contribution in [2.24, 2.45) is 0 Å². The van der Waals surface area contributed by atoms with Crippen LogP contribution in [0.15, 0.2) is 18.2 Å². The molecule has 0 radical (unpaired) electrons. The van der Waals surface area contributed by atoms with Gasteiger partial charge < -0.3 is 15.2 Å². The molecule has 0 saturated carbocycles. The SMILES string of the molecule is CCCOCC(=O)Nc1ccc(C)cc1C#CCO. The lowest BCUT2D eigenvalue weighted by molar-refractivity contribution is -0.120. The second-order valence-corrected chi connectivity index (χ2v) is 4.11. The van der Waals surface area contributed by atoms with Crippen molar-refractivity contribution >= 4 is 11.6 Å². The second kappa shape index (κ2) is 8.30. The first kappa shape index (κ1) is 15.2. The van der Waals surface area contributed by atoms with Gasteiger partial charge >= 0.3 is 0 Å². The van der Waals surface area contributed by atoms with Gasteiger partial charge in [0.1, 0.15) is 13.2 Å². The minimum absolute atomic E-state index is 0.0363. The van der Waals surface area contributed by atoms with Crippen LogP contribution in [0.2, 0.25) is 0 Å². The molecule has 0 unspecified atom stereocenters. The fraction of sp³-hybridized carbons (Fsp3) is 0.400. The molecule has 0 aliphatic heterocycles. The molecule has 0 saturated heterocycles. The Labute approximate surface area is 113 Å². The molecule has 2 N–H and O–H groups in total. The lowest BCUT2D eigenvalue weighted by Gasteiger charge is -2.08. The molecule has 1 aromatic carbocycles. The van der Waals surface area contributed by atoms with Crippen molar-refractivity contribution in [3.8, 4) is 11.8 Å². The topological polar surface area (TPSA) is 58.6 Å². The summed E-state index contributed by atoms with van der Waals surface area (Å²) in [6.07, 6.45) is 0.880. The lowest BCUT2D eigenvalue weighted by atomic mass is 10.1. The molecule has 0 aliphatic rings. The van der Waals surface area contributed by atoms with Gasteiger partial charge in [-0.2, -0.15) is 0 Å². The molecule has 102 valence electrons. The standard InChI is InChI=1S/C15H19NO3/c1-3-9-19-11-15(18)16-14-7-6-12(2)10-13(14)5-4-8-17/h6-7,10,17H,3,8-9,11H2,1-2H3,(H,16,18). The lowest BCUT2D eigenvalue weighted by Crippen LogP contribution is -2.19. The third-order valence-electron chi connectivity index (χ3n) is 2.33. The summed E-state index contributed by atoms with van der Waals surface area (Å²) < 4.78 is 5.17. The molecule has 1 amide bonds. The van der Waals surface area contributed by atoms with E-state index in [1.807, 2.05) is 26.0 Å². The van der Waals surface area contributed by atoms with Crippen LogP contribution in [-0.2, 0) is 9.53 Å². The van der Waals surface area contributed by atoms with Crippen LogP contribution in [0.4, 0.5) is 5.69 Å². The Hall–Kier alpha value is -1.83. The smallest absolute Gasteiger partial charge is 0.250 e. The third-order valence-corrected chi connectivity index (χ3v) is 2.33. The van der Waals surface area contributed by atoms with Crippen LogP contribution in [0.1, 0.15) is 24.5 Å². The molecule has 1 aromatic rings. The van der Waals surface area contributed by atoms with E-state index in [2.05, 4.69) is 17.2 Å². The van der Waals surface area contributed by atoms with E-state index < -0.39 is 0 Å². The highest BCUT2D eigenvalue weighted by Gasteiger charge is 2.06. The average molecular weight is 261 g/mol. The van der Waals surface area contributed by atoms with E-state index >= 15 is 0 Å². The zero-order chi connectivity index (χ0) is 14.1. The first-order valence-electron chi connectivity index (χ1n) is 6.25. The average Bonchev–Trinajstić information content (AvgIpc) is 2.39. The molecule has 0 spiro atoms. The maximum Gasteiger partial charge on any atom is 0.250 e. The molecule has 19 heavy (non-hydrogen) atoms. The van der Waals surface area contributed by atoms with E-state index in [-0.39, 0.29) is 19.1 Å². The number of benzene rings is 1. The molecule has 0 heterocycles. The molecule has 4 nitrogen and oxygen atoms in total. The Morgan fingerprint density at radius 2 is 2.26 bits per heavy atom. The molecule has 4 heteroatoms. The molecule has 0 aliphatic carbocycles. The second-order valence-electron chi connectivity index (χ2n) is 4.11. The molecule has 1 rings (SSSR count). The van der Waals surface area contributed by atoms with Crippen molar-refractivity contribution in [2.75, 3.05) is 25.1 Å². The number of hydrogen-bond acceptors (Lipinski definition) is 3. The van der Waals surface area contributed by atoms with Crippen molar-refractivity contribution in [2.45, 2.75) is 20.3 Å². The molecule has 0 bridgehead atoms. The monoisotopic (exact) mass is 261 g/mol. The summed E-state index contributed by atoms with van der Waals surface area (Å²) >= 11 is 0. The number of aryl methyl sites for hydroxylation is 1. The van der Waals surface area contributed by atoms with Gasteiger partial charge in [-0.1, -0.05) is 24.8 Å². The number of carbonyl (C=O) groups excluding carboxylic acids is 1. The quantitative estimate of drug-likeness (QED) is 0.626. The van der Waals surface area contributed by atoms with E-state index in [0.29, 0.717) is 17.9 Å². The van der Waals surface area contributed by atoms with Crippen molar-refractivity contribution < 1.29 is 14.6 Å². The molecule has 0 fully saturated rings. The number of nitrogens with one attached hydrogen (secondary N) is 1. The predicted molar refractivity (Wildman–Crippen MR) is 74.9 cm³/mol.